The molecule has 0 N–H and O–H groups in total. The maximum absolute atomic E-state index is 2.39. The van der Waals surface area contributed by atoms with Gasteiger partial charge in [0.25, 0.3) is 0 Å². The van der Waals surface area contributed by atoms with Crippen LogP contribution in [0.5, 0.6) is 0 Å². The molecule has 0 radical (unpaired) electrons. The van der Waals surface area contributed by atoms with E-state index in [-0.39, 0.29) is 0 Å². The van der Waals surface area contributed by atoms with E-state index in [2.05, 4.69) is 205 Å². The Labute approximate surface area is 298 Å². The average Bonchev–Trinajstić information content (AvgIpc) is 3.54. The van der Waals surface area contributed by atoms with Gasteiger partial charge in [-0.25, -0.2) is 0 Å². The molecule has 0 bridgehead atoms. The third-order valence-corrected chi connectivity index (χ3v) is 10.4. The molecule has 0 spiro atoms. The van der Waals surface area contributed by atoms with Crippen molar-refractivity contribution in [2.75, 3.05) is 4.90 Å². The van der Waals surface area contributed by atoms with Crippen LogP contribution in [-0.2, 0) is 0 Å². The molecule has 0 atom stereocenters. The van der Waals surface area contributed by atoms with Gasteiger partial charge in [-0.15, -0.1) is 0 Å². The van der Waals surface area contributed by atoms with Crippen molar-refractivity contribution in [3.05, 3.63) is 200 Å². The minimum Gasteiger partial charge on any atom is -0.310 e. The molecule has 0 aromatic heterocycles. The Bertz CT molecular complexity index is 2660. The van der Waals surface area contributed by atoms with Crippen molar-refractivity contribution >= 4 is 38.6 Å². The smallest absolute Gasteiger partial charge is 0.0468 e. The zero-order chi connectivity index (χ0) is 33.7. The fourth-order valence-corrected chi connectivity index (χ4v) is 8.07. The molecule has 238 valence electrons. The summed E-state index contributed by atoms with van der Waals surface area (Å²) in [4.78, 5) is 2.35. The Hall–Kier alpha value is -6.70. The highest BCUT2D eigenvalue weighted by molar-refractivity contribution is 6.29. The fourth-order valence-electron chi connectivity index (χ4n) is 8.07. The lowest BCUT2D eigenvalue weighted by Gasteiger charge is -2.26. The van der Waals surface area contributed by atoms with Gasteiger partial charge in [0.15, 0.2) is 0 Å². The number of para-hydroxylation sites is 2. The molecule has 1 aliphatic carbocycles. The first-order valence-electron chi connectivity index (χ1n) is 17.6. The van der Waals surface area contributed by atoms with Crippen molar-refractivity contribution in [3.63, 3.8) is 0 Å². The first-order chi connectivity index (χ1) is 25.3. The van der Waals surface area contributed by atoms with E-state index in [0.29, 0.717) is 0 Å². The molecule has 10 rings (SSSR count). The monoisotopic (exact) mass is 647 g/mol. The van der Waals surface area contributed by atoms with Gasteiger partial charge < -0.3 is 4.90 Å². The molecule has 9 aromatic carbocycles. The number of rotatable bonds is 6. The highest BCUT2D eigenvalue weighted by atomic mass is 15.1. The molecule has 51 heavy (non-hydrogen) atoms. The van der Waals surface area contributed by atoms with Gasteiger partial charge in [0.05, 0.1) is 0 Å². The van der Waals surface area contributed by atoms with Gasteiger partial charge in [-0.2, -0.15) is 0 Å². The first kappa shape index (κ1) is 29.2. The second-order valence-electron chi connectivity index (χ2n) is 13.3. The average molecular weight is 648 g/mol. The van der Waals surface area contributed by atoms with E-state index < -0.39 is 0 Å². The third kappa shape index (κ3) is 4.86. The minimum atomic E-state index is 1.14. The molecule has 0 saturated heterocycles. The lowest BCUT2D eigenvalue weighted by Crippen LogP contribution is -2.09. The minimum absolute atomic E-state index is 1.14. The van der Waals surface area contributed by atoms with E-state index in [9.17, 15) is 0 Å². The predicted octanol–water partition coefficient (Wildman–Crippen LogP) is 14.1. The second kappa shape index (κ2) is 12.0. The summed E-state index contributed by atoms with van der Waals surface area (Å²) in [5.41, 5.74) is 16.1. The summed E-state index contributed by atoms with van der Waals surface area (Å²) in [5.74, 6) is 0. The first-order valence-corrected chi connectivity index (χ1v) is 17.6. The maximum atomic E-state index is 2.39. The van der Waals surface area contributed by atoms with Crippen molar-refractivity contribution < 1.29 is 0 Å². The van der Waals surface area contributed by atoms with Crippen LogP contribution in [0.4, 0.5) is 17.1 Å². The highest BCUT2D eigenvalue weighted by Gasteiger charge is 2.27. The van der Waals surface area contributed by atoms with Crippen LogP contribution in [-0.4, -0.2) is 0 Å². The molecule has 1 heteroatoms. The molecule has 0 saturated carbocycles. The zero-order valence-corrected chi connectivity index (χ0v) is 28.0. The van der Waals surface area contributed by atoms with Crippen LogP contribution in [0.2, 0.25) is 0 Å². The van der Waals surface area contributed by atoms with E-state index in [1.807, 2.05) is 0 Å². The van der Waals surface area contributed by atoms with Crippen LogP contribution < -0.4 is 4.90 Å². The van der Waals surface area contributed by atoms with Crippen molar-refractivity contribution in [1.82, 2.24) is 0 Å². The Morgan fingerprint density at radius 3 is 1.31 bits per heavy atom. The van der Waals surface area contributed by atoms with Gasteiger partial charge in [-0.1, -0.05) is 164 Å². The number of hydrogen-bond acceptors (Lipinski definition) is 1. The van der Waals surface area contributed by atoms with Gasteiger partial charge in [0.1, 0.15) is 0 Å². The molecule has 0 amide bonds. The van der Waals surface area contributed by atoms with E-state index in [0.717, 1.165) is 17.1 Å². The molecule has 1 nitrogen and oxygen atoms in total. The molecular weight excluding hydrogens is 615 g/mol. The number of fused-ring (bicyclic) bond motifs is 5. The van der Waals surface area contributed by atoms with Crippen molar-refractivity contribution in [1.29, 1.82) is 0 Å². The summed E-state index contributed by atoms with van der Waals surface area (Å²) >= 11 is 0. The molecule has 9 aromatic rings. The molecule has 0 unspecified atom stereocenters. The van der Waals surface area contributed by atoms with Crippen LogP contribution in [0.1, 0.15) is 0 Å². The predicted molar refractivity (Wildman–Crippen MR) is 217 cm³/mol. The Balaban J connectivity index is 1.10. The standard InChI is InChI=1S/C50H33N/c1-4-13-34(14-5-1)35-23-25-36(26-24-35)37-27-29-38(30-28-37)48-42-19-10-11-20-43(42)49-45-32-31-41(33-47(45)44-21-12-22-46(48)50(44)49)51(39-15-6-2-7-16-39)40-17-8-3-9-18-40/h1-33H. The molecule has 0 fully saturated rings. The van der Waals surface area contributed by atoms with Crippen LogP contribution in [0.25, 0.3) is 77.2 Å². The van der Waals surface area contributed by atoms with Crippen LogP contribution in [0, 0.1) is 0 Å². The molecular formula is C50H33N. The highest BCUT2D eigenvalue weighted by Crippen LogP contribution is 2.54. The van der Waals surface area contributed by atoms with Gasteiger partial charge in [0.2, 0.25) is 0 Å². The summed E-state index contributed by atoms with van der Waals surface area (Å²) in [5, 5.41) is 5.21. The number of hydrogen-bond donors (Lipinski definition) is 0. The van der Waals surface area contributed by atoms with Crippen LogP contribution in [0.15, 0.2) is 200 Å². The second-order valence-corrected chi connectivity index (χ2v) is 13.3. The van der Waals surface area contributed by atoms with E-state index in [4.69, 9.17) is 0 Å². The van der Waals surface area contributed by atoms with Gasteiger partial charge in [-0.05, 0) is 114 Å². The van der Waals surface area contributed by atoms with Gasteiger partial charge in [0, 0.05) is 17.1 Å². The maximum Gasteiger partial charge on any atom is 0.0468 e. The van der Waals surface area contributed by atoms with E-state index in [1.165, 1.54) is 77.2 Å². The van der Waals surface area contributed by atoms with E-state index >= 15 is 0 Å². The topological polar surface area (TPSA) is 3.24 Å². The fraction of sp³-hybridized carbons (Fsp3) is 0. The quantitative estimate of drug-likeness (QED) is 0.162. The SMILES string of the molecule is c1ccc(-c2ccc(-c3ccc(-c4c5ccccc5c5c6c(cccc46)-c4cc(N(c6ccccc6)c6ccccc6)ccc4-5)cc3)cc2)cc1. The molecule has 0 heterocycles. The number of anilines is 3. The number of benzene rings is 9. The van der Waals surface area contributed by atoms with E-state index in [1.54, 1.807) is 0 Å². The lowest BCUT2D eigenvalue weighted by molar-refractivity contribution is 1.28. The largest absolute Gasteiger partial charge is 0.310 e. The lowest BCUT2D eigenvalue weighted by atomic mass is 9.87. The Morgan fingerprint density at radius 1 is 0.255 bits per heavy atom. The Kier molecular flexibility index (Phi) is 6.89. The molecule has 1 aliphatic rings. The summed E-state index contributed by atoms with van der Waals surface area (Å²) < 4.78 is 0. The van der Waals surface area contributed by atoms with Gasteiger partial charge in [-0.3, -0.25) is 0 Å². The van der Waals surface area contributed by atoms with Crippen molar-refractivity contribution in [3.8, 4) is 55.6 Å². The van der Waals surface area contributed by atoms with Gasteiger partial charge >= 0.3 is 0 Å². The van der Waals surface area contributed by atoms with Crippen LogP contribution >= 0.6 is 0 Å². The zero-order valence-electron chi connectivity index (χ0n) is 28.0. The summed E-state index contributed by atoms with van der Waals surface area (Å²) in [7, 11) is 0. The summed E-state index contributed by atoms with van der Waals surface area (Å²) in [6.45, 7) is 0. The molecule has 0 aliphatic heterocycles. The number of nitrogens with zero attached hydrogens (tertiary/aromatic N) is 1. The third-order valence-electron chi connectivity index (χ3n) is 10.4. The van der Waals surface area contributed by atoms with Crippen molar-refractivity contribution in [2.24, 2.45) is 0 Å². The summed E-state index contributed by atoms with van der Waals surface area (Å²) in [6.07, 6.45) is 0. The Morgan fingerprint density at radius 2 is 0.725 bits per heavy atom. The summed E-state index contributed by atoms with van der Waals surface area (Å²) in [6, 6.07) is 72.7. The normalized spacial score (nSPS) is 11.5. The van der Waals surface area contributed by atoms with Crippen LogP contribution in [0.3, 0.4) is 0 Å². The van der Waals surface area contributed by atoms with Crippen molar-refractivity contribution in [2.45, 2.75) is 0 Å².